The molecule has 4 rings (SSSR count). The molecule has 1 atom stereocenters. The molecule has 0 radical (unpaired) electrons. The first-order chi connectivity index (χ1) is 12.6. The van der Waals surface area contributed by atoms with Gasteiger partial charge < -0.3 is 9.64 Å². The summed E-state index contributed by atoms with van der Waals surface area (Å²) in [7, 11) is 3.77. The maximum atomic E-state index is 12.7. The van der Waals surface area contributed by atoms with Crippen molar-refractivity contribution in [2.45, 2.75) is 31.8 Å². The van der Waals surface area contributed by atoms with Crippen LogP contribution in [0.2, 0.25) is 0 Å². The Morgan fingerprint density at radius 2 is 2.19 bits per heavy atom. The molecule has 0 bridgehead atoms. The number of methoxy groups -OCH3 is 1. The first kappa shape index (κ1) is 17.4. The van der Waals surface area contributed by atoms with Crippen molar-refractivity contribution >= 4 is 17.2 Å². The van der Waals surface area contributed by atoms with Crippen LogP contribution in [0, 0.1) is 5.41 Å². The molecule has 3 heterocycles. The van der Waals surface area contributed by atoms with Gasteiger partial charge in [-0.3, -0.25) is 9.69 Å². The second kappa shape index (κ2) is 6.96. The van der Waals surface area contributed by atoms with Crippen LogP contribution in [-0.2, 0) is 6.54 Å². The third-order valence-electron chi connectivity index (χ3n) is 5.79. The fraction of sp³-hybridized carbons (Fsp3) is 0.526. The van der Waals surface area contributed by atoms with Gasteiger partial charge in [0.15, 0.2) is 0 Å². The van der Waals surface area contributed by atoms with Gasteiger partial charge in [0.05, 0.1) is 19.2 Å². The Bertz CT molecular complexity index is 754. The van der Waals surface area contributed by atoms with Crippen molar-refractivity contribution in [2.24, 2.45) is 5.41 Å². The first-order valence-corrected chi connectivity index (χ1v) is 9.87. The average molecular weight is 372 g/mol. The number of nitrogens with zero attached hydrogens (tertiary/aromatic N) is 4. The van der Waals surface area contributed by atoms with E-state index in [1.54, 1.807) is 36.8 Å². The number of amides is 1. The molecule has 0 N–H and O–H groups in total. The number of carbonyl (C=O) groups excluding carboxylic acids is 1. The Labute approximate surface area is 157 Å². The zero-order valence-corrected chi connectivity index (χ0v) is 16.0. The predicted octanol–water partition coefficient (Wildman–Crippen LogP) is 2.67. The van der Waals surface area contributed by atoms with Crippen molar-refractivity contribution in [3.8, 4) is 5.88 Å². The van der Waals surface area contributed by atoms with Gasteiger partial charge in [-0.25, -0.2) is 9.97 Å². The van der Waals surface area contributed by atoms with Gasteiger partial charge in [0.1, 0.15) is 5.01 Å². The van der Waals surface area contributed by atoms with E-state index >= 15 is 0 Å². The van der Waals surface area contributed by atoms with Crippen LogP contribution in [-0.4, -0.2) is 59.0 Å². The smallest absolute Gasteiger partial charge is 0.255 e. The van der Waals surface area contributed by atoms with E-state index in [2.05, 4.69) is 21.9 Å². The summed E-state index contributed by atoms with van der Waals surface area (Å²) in [5, 5.41) is 3.21. The summed E-state index contributed by atoms with van der Waals surface area (Å²) in [4.78, 5) is 25.6. The van der Waals surface area contributed by atoms with E-state index in [4.69, 9.17) is 4.74 Å². The molecule has 1 aliphatic heterocycles. The van der Waals surface area contributed by atoms with Crippen molar-refractivity contribution < 1.29 is 9.53 Å². The second-order valence-electron chi connectivity index (χ2n) is 7.30. The Balaban J connectivity index is 1.32. The van der Waals surface area contributed by atoms with Crippen LogP contribution in [0.4, 0.5) is 0 Å². The summed E-state index contributed by atoms with van der Waals surface area (Å²) < 4.78 is 5.06. The molecular formula is C19H24N4O2S. The SMILES string of the molecule is COc1ccc(C(=O)N2CCC3(CC2)CC3N(C)Cc2nccs2)cn1. The van der Waals surface area contributed by atoms with E-state index in [-0.39, 0.29) is 5.91 Å². The van der Waals surface area contributed by atoms with Gasteiger partial charge in [-0.1, -0.05) is 0 Å². The Hall–Kier alpha value is -1.99. The van der Waals surface area contributed by atoms with Crippen molar-refractivity contribution in [2.75, 3.05) is 27.2 Å². The molecule has 1 aliphatic carbocycles. The molecule has 1 saturated heterocycles. The number of piperidine rings is 1. The lowest BCUT2D eigenvalue weighted by Crippen LogP contribution is -2.41. The molecule has 6 nitrogen and oxygen atoms in total. The molecule has 138 valence electrons. The van der Waals surface area contributed by atoms with E-state index in [1.807, 2.05) is 16.5 Å². The maximum Gasteiger partial charge on any atom is 0.255 e. The summed E-state index contributed by atoms with van der Waals surface area (Å²) in [5.41, 5.74) is 1.02. The second-order valence-corrected chi connectivity index (χ2v) is 8.28. The number of ether oxygens (including phenoxy) is 1. The summed E-state index contributed by atoms with van der Waals surface area (Å²) in [6.07, 6.45) is 6.87. The molecule has 0 aromatic carbocycles. The summed E-state index contributed by atoms with van der Waals surface area (Å²) >= 11 is 1.72. The van der Waals surface area contributed by atoms with E-state index in [0.29, 0.717) is 22.9 Å². The van der Waals surface area contributed by atoms with Crippen LogP contribution in [0.3, 0.4) is 0 Å². The molecule has 1 amide bonds. The van der Waals surface area contributed by atoms with Crippen molar-refractivity contribution in [3.63, 3.8) is 0 Å². The van der Waals surface area contributed by atoms with E-state index in [1.165, 1.54) is 11.4 Å². The van der Waals surface area contributed by atoms with Crippen LogP contribution in [0.25, 0.3) is 0 Å². The molecule has 2 aliphatic rings. The number of pyridine rings is 1. The molecule has 1 saturated carbocycles. The topological polar surface area (TPSA) is 58.6 Å². The molecule has 7 heteroatoms. The van der Waals surface area contributed by atoms with Crippen LogP contribution in [0.1, 0.15) is 34.6 Å². The summed E-state index contributed by atoms with van der Waals surface area (Å²) in [6, 6.07) is 4.15. The number of thiazole rings is 1. The standard InChI is InChI=1S/C19H24N4O2S/c1-22(13-17-20-7-10-26-17)15-11-19(15)5-8-23(9-6-19)18(24)14-3-4-16(25-2)21-12-14/h3-4,7,10,12,15H,5-6,8-9,11,13H2,1-2H3. The average Bonchev–Trinajstić information content (AvgIpc) is 3.12. The Kier molecular flexibility index (Phi) is 4.67. The van der Waals surface area contributed by atoms with Crippen molar-refractivity contribution in [1.29, 1.82) is 0 Å². The zero-order valence-electron chi connectivity index (χ0n) is 15.2. The number of likely N-dealkylation sites (tertiary alicyclic amines) is 1. The molecule has 1 spiro atoms. The van der Waals surface area contributed by atoms with Crippen LogP contribution >= 0.6 is 11.3 Å². The molecular weight excluding hydrogens is 348 g/mol. The quantitative estimate of drug-likeness (QED) is 0.808. The largest absolute Gasteiger partial charge is 0.481 e. The van der Waals surface area contributed by atoms with Gasteiger partial charge >= 0.3 is 0 Å². The lowest BCUT2D eigenvalue weighted by Gasteiger charge is -2.34. The third-order valence-corrected chi connectivity index (χ3v) is 6.55. The van der Waals surface area contributed by atoms with E-state index in [9.17, 15) is 4.79 Å². The highest BCUT2D eigenvalue weighted by Gasteiger charge is 2.56. The highest BCUT2D eigenvalue weighted by atomic mass is 32.1. The van der Waals surface area contributed by atoms with Gasteiger partial charge in [0.2, 0.25) is 5.88 Å². The number of aromatic nitrogens is 2. The van der Waals surface area contributed by atoms with Crippen LogP contribution in [0.5, 0.6) is 5.88 Å². The molecule has 2 aromatic heterocycles. The van der Waals surface area contributed by atoms with Crippen LogP contribution < -0.4 is 4.74 Å². The van der Waals surface area contributed by atoms with E-state index < -0.39 is 0 Å². The minimum atomic E-state index is 0.0725. The van der Waals surface area contributed by atoms with Crippen molar-refractivity contribution in [1.82, 2.24) is 19.8 Å². The number of rotatable bonds is 5. The maximum absolute atomic E-state index is 12.7. The monoisotopic (exact) mass is 372 g/mol. The molecule has 2 aromatic rings. The molecule has 2 fully saturated rings. The first-order valence-electron chi connectivity index (χ1n) is 8.99. The fourth-order valence-electron chi connectivity index (χ4n) is 4.11. The van der Waals surface area contributed by atoms with Gasteiger partial charge in [0.25, 0.3) is 5.91 Å². The molecule has 26 heavy (non-hydrogen) atoms. The Morgan fingerprint density at radius 3 is 2.81 bits per heavy atom. The van der Waals surface area contributed by atoms with Gasteiger partial charge in [-0.05, 0) is 37.8 Å². The lowest BCUT2D eigenvalue weighted by atomic mass is 9.92. The number of hydrogen-bond acceptors (Lipinski definition) is 6. The van der Waals surface area contributed by atoms with E-state index in [0.717, 1.165) is 32.5 Å². The van der Waals surface area contributed by atoms with Gasteiger partial charge in [-0.2, -0.15) is 0 Å². The fourth-order valence-corrected chi connectivity index (χ4v) is 4.79. The van der Waals surface area contributed by atoms with Gasteiger partial charge in [0, 0.05) is 43.0 Å². The third kappa shape index (κ3) is 3.33. The molecule has 1 unspecified atom stereocenters. The lowest BCUT2D eigenvalue weighted by molar-refractivity contribution is 0.0657. The van der Waals surface area contributed by atoms with Crippen molar-refractivity contribution in [3.05, 3.63) is 40.5 Å². The highest BCUT2D eigenvalue weighted by molar-refractivity contribution is 7.09. The number of hydrogen-bond donors (Lipinski definition) is 0. The summed E-state index contributed by atoms with van der Waals surface area (Å²) in [6.45, 7) is 2.57. The zero-order chi connectivity index (χ0) is 18.1. The summed E-state index contributed by atoms with van der Waals surface area (Å²) in [5.74, 6) is 0.603. The Morgan fingerprint density at radius 1 is 1.38 bits per heavy atom. The number of carbonyl (C=O) groups is 1. The van der Waals surface area contributed by atoms with Gasteiger partial charge in [-0.15, -0.1) is 11.3 Å². The predicted molar refractivity (Wildman–Crippen MR) is 100 cm³/mol. The minimum absolute atomic E-state index is 0.0725. The minimum Gasteiger partial charge on any atom is -0.481 e. The highest BCUT2D eigenvalue weighted by Crippen LogP contribution is 2.56. The normalized spacial score (nSPS) is 21.2. The van der Waals surface area contributed by atoms with Crippen LogP contribution in [0.15, 0.2) is 29.9 Å².